The zero-order valence-electron chi connectivity index (χ0n) is 15.6. The summed E-state index contributed by atoms with van der Waals surface area (Å²) in [4.78, 5) is 15.4. The van der Waals surface area contributed by atoms with E-state index in [4.69, 9.17) is 4.42 Å². The minimum atomic E-state index is -0.468. The van der Waals surface area contributed by atoms with Crippen LogP contribution >= 0.6 is 0 Å². The Labute approximate surface area is 164 Å². The number of halogens is 1. The van der Waals surface area contributed by atoms with E-state index in [0.29, 0.717) is 12.2 Å². The highest BCUT2D eigenvalue weighted by molar-refractivity contribution is 5.96. The first-order valence-corrected chi connectivity index (χ1v) is 9.63. The number of amides is 1. The fourth-order valence-corrected chi connectivity index (χ4v) is 3.65. The first-order valence-electron chi connectivity index (χ1n) is 9.63. The van der Waals surface area contributed by atoms with E-state index >= 15 is 0 Å². The van der Waals surface area contributed by atoms with Gasteiger partial charge in [0.25, 0.3) is 0 Å². The third-order valence-electron chi connectivity index (χ3n) is 5.18. The van der Waals surface area contributed by atoms with E-state index in [1.165, 1.54) is 30.7 Å². The zero-order chi connectivity index (χ0) is 19.3. The van der Waals surface area contributed by atoms with E-state index in [0.717, 1.165) is 24.3 Å². The maximum atomic E-state index is 13.3. The predicted octanol–water partition coefficient (Wildman–Crippen LogP) is 4.98. The van der Waals surface area contributed by atoms with Gasteiger partial charge in [-0.15, -0.1) is 0 Å². The highest BCUT2D eigenvalue weighted by Crippen LogP contribution is 2.26. The van der Waals surface area contributed by atoms with Crippen LogP contribution in [0.4, 0.5) is 15.8 Å². The van der Waals surface area contributed by atoms with Gasteiger partial charge < -0.3 is 14.6 Å². The fourth-order valence-electron chi connectivity index (χ4n) is 3.65. The number of rotatable bonds is 6. The van der Waals surface area contributed by atoms with E-state index in [2.05, 4.69) is 10.2 Å². The molecule has 1 aliphatic heterocycles. The number of carbonyl (C=O) groups is 1. The topological polar surface area (TPSA) is 45.5 Å². The average Bonchev–Trinajstić information content (AvgIpc) is 3.42. The van der Waals surface area contributed by atoms with Crippen molar-refractivity contribution in [2.75, 3.05) is 23.3 Å². The Kier molecular flexibility index (Phi) is 5.42. The number of carbonyl (C=O) groups excluding carboxylic acids is 1. The Morgan fingerprint density at radius 1 is 1.04 bits per heavy atom. The molecule has 144 valence electrons. The normalized spacial score (nSPS) is 14.8. The van der Waals surface area contributed by atoms with E-state index < -0.39 is 5.92 Å². The lowest BCUT2D eigenvalue weighted by Gasteiger charge is -2.19. The van der Waals surface area contributed by atoms with Gasteiger partial charge in [0, 0.05) is 30.9 Å². The molecule has 0 saturated carbocycles. The molecule has 1 fully saturated rings. The summed E-state index contributed by atoms with van der Waals surface area (Å²) in [6.45, 7) is 2.17. The molecule has 5 heteroatoms. The summed E-state index contributed by atoms with van der Waals surface area (Å²) >= 11 is 0. The molecular formula is C23H23FN2O2. The molecule has 3 aromatic rings. The number of anilines is 2. The standard InChI is InChI=1S/C23H23FN2O2/c24-18-7-5-17(6-8-18)22(16-21-4-3-15-28-21)23(27)25-19-9-11-20(12-10-19)26-13-1-2-14-26/h3-12,15,22H,1-2,13-14,16H2,(H,25,27). The van der Waals surface area contributed by atoms with Crippen LogP contribution in [0.2, 0.25) is 0 Å². The van der Waals surface area contributed by atoms with Gasteiger partial charge in [0.2, 0.25) is 5.91 Å². The molecule has 1 aromatic heterocycles. The van der Waals surface area contributed by atoms with E-state index in [9.17, 15) is 9.18 Å². The van der Waals surface area contributed by atoms with Gasteiger partial charge in [-0.1, -0.05) is 12.1 Å². The molecule has 1 N–H and O–H groups in total. The first kappa shape index (κ1) is 18.3. The molecule has 2 aromatic carbocycles. The highest BCUT2D eigenvalue weighted by atomic mass is 19.1. The van der Waals surface area contributed by atoms with Crippen LogP contribution in [-0.4, -0.2) is 19.0 Å². The summed E-state index contributed by atoms with van der Waals surface area (Å²) in [6.07, 6.45) is 4.46. The Hall–Kier alpha value is -3.08. The van der Waals surface area contributed by atoms with Gasteiger partial charge in [-0.25, -0.2) is 4.39 Å². The molecule has 1 saturated heterocycles. The summed E-state index contributed by atoms with van der Waals surface area (Å²) in [5.74, 6) is -0.214. The molecule has 4 nitrogen and oxygen atoms in total. The van der Waals surface area contributed by atoms with Gasteiger partial charge in [0.05, 0.1) is 12.2 Å². The minimum absolute atomic E-state index is 0.142. The molecule has 2 heterocycles. The van der Waals surface area contributed by atoms with Crippen LogP contribution in [0.3, 0.4) is 0 Å². The third kappa shape index (κ3) is 4.25. The molecule has 0 aliphatic carbocycles. The summed E-state index contributed by atoms with van der Waals surface area (Å²) in [7, 11) is 0. The average molecular weight is 378 g/mol. The number of hydrogen-bond acceptors (Lipinski definition) is 3. The predicted molar refractivity (Wildman–Crippen MR) is 108 cm³/mol. The van der Waals surface area contributed by atoms with Crippen molar-refractivity contribution >= 4 is 17.3 Å². The second-order valence-electron chi connectivity index (χ2n) is 7.12. The Morgan fingerprint density at radius 2 is 1.75 bits per heavy atom. The summed E-state index contributed by atoms with van der Waals surface area (Å²) in [5, 5.41) is 2.99. The molecule has 1 atom stereocenters. The van der Waals surface area contributed by atoms with Gasteiger partial charge in [0.1, 0.15) is 11.6 Å². The molecule has 0 bridgehead atoms. The molecular weight excluding hydrogens is 355 g/mol. The lowest BCUT2D eigenvalue weighted by atomic mass is 9.93. The zero-order valence-corrected chi connectivity index (χ0v) is 15.6. The van der Waals surface area contributed by atoms with Crippen molar-refractivity contribution in [2.45, 2.75) is 25.2 Å². The van der Waals surface area contributed by atoms with Crippen molar-refractivity contribution in [1.82, 2.24) is 0 Å². The lowest BCUT2D eigenvalue weighted by Crippen LogP contribution is -2.23. The monoisotopic (exact) mass is 378 g/mol. The SMILES string of the molecule is O=C(Nc1ccc(N2CCCC2)cc1)C(Cc1ccco1)c1ccc(F)cc1. The second-order valence-corrected chi connectivity index (χ2v) is 7.12. The second kappa shape index (κ2) is 8.30. The maximum Gasteiger partial charge on any atom is 0.232 e. The van der Waals surface area contributed by atoms with Crippen molar-refractivity contribution in [3.05, 3.63) is 84.1 Å². The van der Waals surface area contributed by atoms with Gasteiger partial charge in [0.15, 0.2) is 0 Å². The van der Waals surface area contributed by atoms with Crippen molar-refractivity contribution in [3.8, 4) is 0 Å². The quantitative estimate of drug-likeness (QED) is 0.658. The Balaban J connectivity index is 1.50. The fraction of sp³-hybridized carbons (Fsp3) is 0.261. The van der Waals surface area contributed by atoms with Gasteiger partial charge >= 0.3 is 0 Å². The van der Waals surface area contributed by atoms with Crippen molar-refractivity contribution in [1.29, 1.82) is 0 Å². The summed E-state index contributed by atoms with van der Waals surface area (Å²) < 4.78 is 18.7. The van der Waals surface area contributed by atoms with Crippen molar-refractivity contribution in [2.24, 2.45) is 0 Å². The molecule has 0 radical (unpaired) electrons. The van der Waals surface area contributed by atoms with Crippen LogP contribution in [0.15, 0.2) is 71.3 Å². The van der Waals surface area contributed by atoms with E-state index in [1.807, 2.05) is 30.3 Å². The number of benzene rings is 2. The van der Waals surface area contributed by atoms with Crippen LogP contribution in [0.5, 0.6) is 0 Å². The number of nitrogens with one attached hydrogen (secondary N) is 1. The molecule has 4 rings (SSSR count). The van der Waals surface area contributed by atoms with Crippen molar-refractivity contribution < 1.29 is 13.6 Å². The Bertz CT molecular complexity index is 899. The molecule has 0 spiro atoms. The Morgan fingerprint density at radius 3 is 2.39 bits per heavy atom. The number of furan rings is 1. The molecule has 1 unspecified atom stereocenters. The third-order valence-corrected chi connectivity index (χ3v) is 5.18. The summed E-state index contributed by atoms with van der Waals surface area (Å²) in [5.41, 5.74) is 2.68. The van der Waals surface area contributed by atoms with Crippen LogP contribution in [-0.2, 0) is 11.2 Å². The number of hydrogen-bond donors (Lipinski definition) is 1. The van der Waals surface area contributed by atoms with Gasteiger partial charge in [-0.2, -0.15) is 0 Å². The minimum Gasteiger partial charge on any atom is -0.469 e. The largest absolute Gasteiger partial charge is 0.469 e. The van der Waals surface area contributed by atoms with Crippen LogP contribution in [0.1, 0.15) is 30.1 Å². The summed E-state index contributed by atoms with van der Waals surface area (Å²) in [6, 6.07) is 17.6. The van der Waals surface area contributed by atoms with E-state index in [1.54, 1.807) is 24.5 Å². The van der Waals surface area contributed by atoms with Crippen LogP contribution < -0.4 is 10.2 Å². The van der Waals surface area contributed by atoms with Crippen molar-refractivity contribution in [3.63, 3.8) is 0 Å². The first-order chi connectivity index (χ1) is 13.7. The smallest absolute Gasteiger partial charge is 0.232 e. The molecule has 1 amide bonds. The van der Waals surface area contributed by atoms with E-state index in [-0.39, 0.29) is 11.7 Å². The van der Waals surface area contributed by atoms with Crippen LogP contribution in [0, 0.1) is 5.82 Å². The number of nitrogens with zero attached hydrogens (tertiary/aromatic N) is 1. The molecule has 28 heavy (non-hydrogen) atoms. The maximum absolute atomic E-state index is 13.3. The highest BCUT2D eigenvalue weighted by Gasteiger charge is 2.23. The molecule has 1 aliphatic rings. The van der Waals surface area contributed by atoms with Crippen LogP contribution in [0.25, 0.3) is 0 Å². The lowest BCUT2D eigenvalue weighted by molar-refractivity contribution is -0.117. The van der Waals surface area contributed by atoms with Gasteiger partial charge in [-0.05, 0) is 66.9 Å². The van der Waals surface area contributed by atoms with Gasteiger partial charge in [-0.3, -0.25) is 4.79 Å².